The predicted molar refractivity (Wildman–Crippen MR) is 69.0 cm³/mol. The van der Waals surface area contributed by atoms with Crippen LogP contribution in [0, 0.1) is 0 Å². The second-order valence-electron chi connectivity index (χ2n) is 4.18. The minimum atomic E-state index is 0.791. The van der Waals surface area contributed by atoms with Crippen molar-refractivity contribution in [3.8, 4) is 0 Å². The van der Waals surface area contributed by atoms with E-state index < -0.39 is 0 Å². The third-order valence-electron chi connectivity index (χ3n) is 2.69. The van der Waals surface area contributed by atoms with E-state index in [2.05, 4.69) is 35.5 Å². The molecular formula is C12H24N4O. The summed E-state index contributed by atoms with van der Waals surface area (Å²) in [5.41, 5.74) is 1.24. The normalized spacial score (nSPS) is 11.3. The lowest BCUT2D eigenvalue weighted by molar-refractivity contribution is 0.161. The fourth-order valence-corrected chi connectivity index (χ4v) is 1.53. The molecule has 1 aromatic heterocycles. The van der Waals surface area contributed by atoms with Crippen LogP contribution in [0.15, 0.2) is 12.4 Å². The maximum absolute atomic E-state index is 5.03. The lowest BCUT2D eigenvalue weighted by Crippen LogP contribution is -2.31. The fourth-order valence-electron chi connectivity index (χ4n) is 1.53. The van der Waals surface area contributed by atoms with Gasteiger partial charge in [0.1, 0.15) is 0 Å². The molecule has 0 saturated carbocycles. The predicted octanol–water partition coefficient (Wildman–Crippen LogP) is 0.571. The molecule has 98 valence electrons. The molecule has 1 N–H and O–H groups in total. The molecule has 0 aliphatic carbocycles. The molecule has 17 heavy (non-hydrogen) atoms. The van der Waals surface area contributed by atoms with E-state index in [1.165, 1.54) is 5.56 Å². The Kier molecular flexibility index (Phi) is 6.84. The summed E-state index contributed by atoms with van der Waals surface area (Å²) < 4.78 is 6.98. The van der Waals surface area contributed by atoms with Gasteiger partial charge in [-0.3, -0.25) is 4.68 Å². The van der Waals surface area contributed by atoms with Gasteiger partial charge in [-0.1, -0.05) is 0 Å². The minimum absolute atomic E-state index is 0.791. The minimum Gasteiger partial charge on any atom is -0.383 e. The van der Waals surface area contributed by atoms with E-state index in [0.29, 0.717) is 0 Å². The first kappa shape index (κ1) is 14.2. The van der Waals surface area contributed by atoms with Crippen LogP contribution in [0.2, 0.25) is 0 Å². The van der Waals surface area contributed by atoms with E-state index in [9.17, 15) is 0 Å². The van der Waals surface area contributed by atoms with Crippen LogP contribution in [-0.4, -0.2) is 55.1 Å². The molecule has 0 aromatic carbocycles. The lowest BCUT2D eigenvalue weighted by atomic mass is 10.3. The highest BCUT2D eigenvalue weighted by Crippen LogP contribution is 1.96. The first-order valence-electron chi connectivity index (χ1n) is 6.15. The molecule has 0 aliphatic heterocycles. The molecule has 0 bridgehead atoms. The van der Waals surface area contributed by atoms with E-state index in [4.69, 9.17) is 4.74 Å². The first-order chi connectivity index (χ1) is 8.26. The standard InChI is InChI=1S/C12H24N4O/c1-4-16-11-12(10-14-16)9-13-5-6-15(2)7-8-17-3/h10-11,13H,4-9H2,1-3H3. The van der Waals surface area contributed by atoms with Gasteiger partial charge in [-0.05, 0) is 14.0 Å². The zero-order chi connectivity index (χ0) is 12.5. The molecule has 1 heterocycles. The van der Waals surface area contributed by atoms with E-state index in [-0.39, 0.29) is 0 Å². The highest BCUT2D eigenvalue weighted by atomic mass is 16.5. The van der Waals surface area contributed by atoms with Crippen molar-refractivity contribution in [2.24, 2.45) is 0 Å². The summed E-state index contributed by atoms with van der Waals surface area (Å²) in [5, 5.41) is 7.65. The van der Waals surface area contributed by atoms with Gasteiger partial charge >= 0.3 is 0 Å². The summed E-state index contributed by atoms with van der Waals surface area (Å²) in [6, 6.07) is 0. The summed E-state index contributed by atoms with van der Waals surface area (Å²) in [6.45, 7) is 7.70. The van der Waals surface area contributed by atoms with Crippen molar-refractivity contribution >= 4 is 0 Å². The summed E-state index contributed by atoms with van der Waals surface area (Å²) in [6.07, 6.45) is 4.01. The van der Waals surface area contributed by atoms with Crippen LogP contribution in [0.1, 0.15) is 12.5 Å². The Labute approximate surface area is 104 Å². The SMILES string of the molecule is CCn1cc(CNCCN(C)CCOC)cn1. The van der Waals surface area contributed by atoms with Crippen LogP contribution >= 0.6 is 0 Å². The van der Waals surface area contributed by atoms with Gasteiger partial charge in [0.25, 0.3) is 0 Å². The maximum atomic E-state index is 5.03. The first-order valence-corrected chi connectivity index (χ1v) is 6.15. The Balaban J connectivity index is 2.07. The number of methoxy groups -OCH3 is 1. The van der Waals surface area contributed by atoms with Crippen LogP contribution in [0.5, 0.6) is 0 Å². The Hall–Kier alpha value is -0.910. The van der Waals surface area contributed by atoms with E-state index in [1.807, 2.05) is 10.9 Å². The number of aromatic nitrogens is 2. The molecular weight excluding hydrogens is 216 g/mol. The van der Waals surface area contributed by atoms with E-state index in [0.717, 1.165) is 39.3 Å². The molecule has 0 atom stereocenters. The average Bonchev–Trinajstić information content (AvgIpc) is 2.80. The summed E-state index contributed by atoms with van der Waals surface area (Å²) >= 11 is 0. The summed E-state index contributed by atoms with van der Waals surface area (Å²) in [5.74, 6) is 0. The molecule has 0 fully saturated rings. The molecule has 0 radical (unpaired) electrons. The third-order valence-corrected chi connectivity index (χ3v) is 2.69. The van der Waals surface area contributed by atoms with Crippen molar-refractivity contribution in [3.63, 3.8) is 0 Å². The lowest BCUT2D eigenvalue weighted by Gasteiger charge is -2.15. The van der Waals surface area contributed by atoms with Crippen molar-refractivity contribution < 1.29 is 4.74 Å². The molecule has 1 aromatic rings. The number of hydrogen-bond donors (Lipinski definition) is 1. The number of nitrogens with zero attached hydrogens (tertiary/aromatic N) is 3. The van der Waals surface area contributed by atoms with E-state index >= 15 is 0 Å². The number of rotatable bonds is 9. The zero-order valence-electron chi connectivity index (χ0n) is 11.1. The van der Waals surface area contributed by atoms with Gasteiger partial charge in [0.15, 0.2) is 0 Å². The van der Waals surface area contributed by atoms with Crippen LogP contribution in [0.3, 0.4) is 0 Å². The Bertz CT molecular complexity index is 300. The Morgan fingerprint density at radius 2 is 2.29 bits per heavy atom. The summed E-state index contributed by atoms with van der Waals surface area (Å²) in [7, 11) is 3.84. The van der Waals surface area contributed by atoms with Crippen molar-refractivity contribution in [3.05, 3.63) is 18.0 Å². The molecule has 5 heteroatoms. The Morgan fingerprint density at radius 1 is 1.47 bits per heavy atom. The second-order valence-corrected chi connectivity index (χ2v) is 4.18. The molecule has 0 saturated heterocycles. The van der Waals surface area contributed by atoms with Gasteiger partial charge < -0.3 is 15.0 Å². The van der Waals surface area contributed by atoms with Gasteiger partial charge in [-0.2, -0.15) is 5.10 Å². The van der Waals surface area contributed by atoms with Crippen LogP contribution in [-0.2, 0) is 17.8 Å². The average molecular weight is 240 g/mol. The maximum Gasteiger partial charge on any atom is 0.0589 e. The molecule has 1 rings (SSSR count). The summed E-state index contributed by atoms with van der Waals surface area (Å²) in [4.78, 5) is 2.26. The highest BCUT2D eigenvalue weighted by Gasteiger charge is 1.99. The molecule has 0 aliphatic rings. The number of nitrogens with one attached hydrogen (secondary N) is 1. The molecule has 0 spiro atoms. The monoisotopic (exact) mass is 240 g/mol. The van der Waals surface area contributed by atoms with Gasteiger partial charge in [-0.15, -0.1) is 0 Å². The van der Waals surface area contributed by atoms with Crippen LogP contribution < -0.4 is 5.32 Å². The quantitative estimate of drug-likeness (QED) is 0.641. The number of likely N-dealkylation sites (N-methyl/N-ethyl adjacent to an activating group) is 1. The molecule has 0 amide bonds. The Morgan fingerprint density at radius 3 is 2.94 bits per heavy atom. The number of hydrogen-bond acceptors (Lipinski definition) is 4. The van der Waals surface area contributed by atoms with Crippen LogP contribution in [0.25, 0.3) is 0 Å². The second kappa shape index (κ2) is 8.22. The number of aryl methyl sites for hydroxylation is 1. The van der Waals surface area contributed by atoms with Gasteiger partial charge in [-0.25, -0.2) is 0 Å². The fraction of sp³-hybridized carbons (Fsp3) is 0.750. The van der Waals surface area contributed by atoms with Crippen LogP contribution in [0.4, 0.5) is 0 Å². The largest absolute Gasteiger partial charge is 0.383 e. The van der Waals surface area contributed by atoms with Crippen molar-refractivity contribution in [1.29, 1.82) is 0 Å². The van der Waals surface area contributed by atoms with Crippen molar-refractivity contribution in [2.75, 3.05) is 40.4 Å². The van der Waals surface area contributed by atoms with Gasteiger partial charge in [0.2, 0.25) is 0 Å². The zero-order valence-corrected chi connectivity index (χ0v) is 11.1. The molecule has 0 unspecified atom stereocenters. The van der Waals surface area contributed by atoms with Crippen molar-refractivity contribution in [1.82, 2.24) is 20.0 Å². The smallest absolute Gasteiger partial charge is 0.0589 e. The van der Waals surface area contributed by atoms with Crippen molar-refractivity contribution in [2.45, 2.75) is 20.0 Å². The van der Waals surface area contributed by atoms with Gasteiger partial charge in [0.05, 0.1) is 12.8 Å². The molecule has 5 nitrogen and oxygen atoms in total. The topological polar surface area (TPSA) is 42.3 Å². The number of ether oxygens (including phenoxy) is 1. The van der Waals surface area contributed by atoms with E-state index in [1.54, 1.807) is 7.11 Å². The highest BCUT2D eigenvalue weighted by molar-refractivity contribution is 5.02. The third kappa shape index (κ3) is 5.81. The van der Waals surface area contributed by atoms with Gasteiger partial charge in [0, 0.05) is 51.6 Å².